The molecular formula is C25H22Cl2F4N2O3. The molecule has 1 aliphatic rings. The summed E-state index contributed by atoms with van der Waals surface area (Å²) in [5, 5.41) is 9.39. The SMILES string of the molecule is Cn1c(Cc2c(Cl)ccc(C(=O)N3CCC(CC(=O)O)CC3)c2Cl)cc2c(F)cc(C(F)(F)F)cc21. The lowest BCUT2D eigenvalue weighted by atomic mass is 9.93. The molecule has 0 radical (unpaired) electrons. The van der Waals surface area contributed by atoms with E-state index in [0.717, 1.165) is 6.07 Å². The summed E-state index contributed by atoms with van der Waals surface area (Å²) in [6.07, 6.45) is -3.44. The zero-order valence-corrected chi connectivity index (χ0v) is 20.6. The third kappa shape index (κ3) is 5.18. The van der Waals surface area contributed by atoms with Crippen molar-refractivity contribution in [3.63, 3.8) is 0 Å². The Balaban J connectivity index is 1.62. The number of fused-ring (bicyclic) bond motifs is 1. The van der Waals surface area contributed by atoms with Crippen molar-refractivity contribution in [3.8, 4) is 0 Å². The maximum atomic E-state index is 14.5. The van der Waals surface area contributed by atoms with Crippen LogP contribution in [0.1, 0.15) is 46.4 Å². The quantitative estimate of drug-likeness (QED) is 0.370. The second-order valence-electron chi connectivity index (χ2n) is 8.98. The minimum atomic E-state index is -4.69. The summed E-state index contributed by atoms with van der Waals surface area (Å²) in [6, 6.07) is 5.83. The van der Waals surface area contributed by atoms with Crippen molar-refractivity contribution in [1.82, 2.24) is 9.47 Å². The number of alkyl halides is 3. The average Bonchev–Trinajstić information content (AvgIpc) is 3.12. The summed E-state index contributed by atoms with van der Waals surface area (Å²) in [6.45, 7) is 0.796. The van der Waals surface area contributed by atoms with Crippen molar-refractivity contribution < 1.29 is 32.3 Å². The molecule has 0 saturated carbocycles. The Labute approximate surface area is 214 Å². The van der Waals surface area contributed by atoms with Crippen LogP contribution in [0, 0.1) is 11.7 Å². The number of hydrogen-bond acceptors (Lipinski definition) is 2. The highest BCUT2D eigenvalue weighted by Gasteiger charge is 2.32. The molecule has 0 bridgehead atoms. The molecule has 0 aliphatic carbocycles. The maximum Gasteiger partial charge on any atom is 0.416 e. The smallest absolute Gasteiger partial charge is 0.416 e. The molecule has 2 aromatic carbocycles. The van der Waals surface area contributed by atoms with E-state index in [4.69, 9.17) is 28.3 Å². The largest absolute Gasteiger partial charge is 0.481 e. The molecule has 36 heavy (non-hydrogen) atoms. The first-order valence-corrected chi connectivity index (χ1v) is 12.0. The van der Waals surface area contributed by atoms with Gasteiger partial charge in [-0.05, 0) is 54.7 Å². The van der Waals surface area contributed by atoms with Crippen molar-refractivity contribution in [2.75, 3.05) is 13.1 Å². The highest BCUT2D eigenvalue weighted by molar-refractivity contribution is 6.38. The van der Waals surface area contributed by atoms with Gasteiger partial charge in [-0.2, -0.15) is 13.2 Å². The molecule has 2 heterocycles. The van der Waals surface area contributed by atoms with Crippen LogP contribution in [-0.2, 0) is 24.4 Å². The van der Waals surface area contributed by atoms with Gasteiger partial charge in [-0.1, -0.05) is 23.2 Å². The number of aromatic nitrogens is 1. The fourth-order valence-electron chi connectivity index (χ4n) is 4.64. The third-order valence-corrected chi connectivity index (χ3v) is 7.46. The van der Waals surface area contributed by atoms with Crippen LogP contribution in [0.2, 0.25) is 10.0 Å². The molecule has 1 amide bonds. The zero-order valence-electron chi connectivity index (χ0n) is 19.1. The number of aryl methyl sites for hydroxylation is 1. The van der Waals surface area contributed by atoms with Gasteiger partial charge >= 0.3 is 12.1 Å². The summed E-state index contributed by atoms with van der Waals surface area (Å²) < 4.78 is 55.4. The summed E-state index contributed by atoms with van der Waals surface area (Å²) >= 11 is 13.0. The highest BCUT2D eigenvalue weighted by atomic mass is 35.5. The number of carbonyl (C=O) groups excluding carboxylic acids is 1. The number of carboxylic acid groups (broad SMARTS) is 1. The monoisotopic (exact) mass is 544 g/mol. The van der Waals surface area contributed by atoms with E-state index in [0.29, 0.717) is 43.3 Å². The first-order chi connectivity index (χ1) is 16.9. The lowest BCUT2D eigenvalue weighted by molar-refractivity contribution is -0.139. The molecule has 1 N–H and O–H groups in total. The van der Waals surface area contributed by atoms with Gasteiger partial charge in [-0.3, -0.25) is 9.59 Å². The number of halogens is 6. The van der Waals surface area contributed by atoms with Crippen molar-refractivity contribution in [2.24, 2.45) is 13.0 Å². The molecular weight excluding hydrogens is 523 g/mol. The predicted octanol–water partition coefficient (Wildman–Crippen LogP) is 6.56. The second-order valence-corrected chi connectivity index (χ2v) is 9.77. The van der Waals surface area contributed by atoms with E-state index in [2.05, 4.69) is 0 Å². The minimum absolute atomic E-state index is 0.00697. The van der Waals surface area contributed by atoms with E-state index >= 15 is 0 Å². The number of carboxylic acids is 1. The number of likely N-dealkylation sites (tertiary alicyclic amines) is 1. The van der Waals surface area contributed by atoms with Crippen molar-refractivity contribution in [2.45, 2.75) is 31.9 Å². The summed E-state index contributed by atoms with van der Waals surface area (Å²) in [5.41, 5.74) is 0.0625. The number of hydrogen-bond donors (Lipinski definition) is 1. The van der Waals surface area contributed by atoms with Gasteiger partial charge in [0.05, 0.1) is 21.7 Å². The number of piperidine rings is 1. The van der Waals surface area contributed by atoms with Gasteiger partial charge in [0.25, 0.3) is 5.91 Å². The minimum Gasteiger partial charge on any atom is -0.481 e. The van der Waals surface area contributed by atoms with Gasteiger partial charge in [-0.15, -0.1) is 0 Å². The van der Waals surface area contributed by atoms with E-state index in [9.17, 15) is 27.2 Å². The Morgan fingerprint density at radius 1 is 1.11 bits per heavy atom. The summed E-state index contributed by atoms with van der Waals surface area (Å²) in [5.74, 6) is -2.17. The molecule has 1 fully saturated rings. The standard InChI is InChI=1S/C25H22Cl2F4N2O3/c1-32-15(12-18-20(28)9-14(10-21(18)32)25(29,30)31)11-17-19(26)3-2-16(23(17)27)24(36)33-6-4-13(5-7-33)8-22(34)35/h2-3,9-10,12-13H,4-8,11H2,1H3,(H,34,35). The van der Waals surface area contributed by atoms with Gasteiger partial charge in [0.15, 0.2) is 0 Å². The third-order valence-electron chi connectivity index (χ3n) is 6.68. The lowest BCUT2D eigenvalue weighted by Crippen LogP contribution is -2.39. The Kier molecular flexibility index (Phi) is 7.26. The molecule has 0 spiro atoms. The van der Waals surface area contributed by atoms with Crippen molar-refractivity contribution >= 4 is 46.0 Å². The van der Waals surface area contributed by atoms with Crippen molar-refractivity contribution in [3.05, 3.63) is 68.6 Å². The van der Waals surface area contributed by atoms with Gasteiger partial charge in [0.1, 0.15) is 5.82 Å². The molecule has 1 aromatic heterocycles. The molecule has 1 aliphatic heterocycles. The van der Waals surface area contributed by atoms with Gasteiger partial charge in [0.2, 0.25) is 0 Å². The van der Waals surface area contributed by atoms with E-state index in [1.54, 1.807) is 4.90 Å². The van der Waals surface area contributed by atoms with Crippen LogP contribution in [0.4, 0.5) is 17.6 Å². The van der Waals surface area contributed by atoms with E-state index in [1.165, 1.54) is 29.8 Å². The van der Waals surface area contributed by atoms with Crippen LogP contribution in [-0.4, -0.2) is 39.5 Å². The number of rotatable bonds is 5. The average molecular weight is 545 g/mol. The zero-order chi connectivity index (χ0) is 26.4. The number of aliphatic carboxylic acids is 1. The Morgan fingerprint density at radius 2 is 1.78 bits per heavy atom. The number of amides is 1. The molecule has 11 heteroatoms. The molecule has 5 nitrogen and oxygen atoms in total. The number of carbonyl (C=O) groups is 2. The second kappa shape index (κ2) is 9.94. The first kappa shape index (κ1) is 26.3. The summed E-state index contributed by atoms with van der Waals surface area (Å²) in [7, 11) is 1.52. The van der Waals surface area contributed by atoms with Crippen LogP contribution < -0.4 is 0 Å². The molecule has 1 saturated heterocycles. The fourth-order valence-corrected chi connectivity index (χ4v) is 5.22. The van der Waals surface area contributed by atoms with Gasteiger partial charge in [0, 0.05) is 49.1 Å². The number of benzene rings is 2. The Bertz CT molecular complexity index is 1350. The highest BCUT2D eigenvalue weighted by Crippen LogP contribution is 2.36. The van der Waals surface area contributed by atoms with Crippen LogP contribution >= 0.6 is 23.2 Å². The van der Waals surface area contributed by atoms with Crippen molar-refractivity contribution in [1.29, 1.82) is 0 Å². The number of nitrogens with zero attached hydrogens (tertiary/aromatic N) is 2. The van der Waals surface area contributed by atoms with E-state index < -0.39 is 23.5 Å². The molecule has 4 rings (SSSR count). The van der Waals surface area contributed by atoms with Crippen LogP contribution in [0.15, 0.2) is 30.3 Å². The first-order valence-electron chi connectivity index (χ1n) is 11.2. The van der Waals surface area contributed by atoms with Gasteiger partial charge in [-0.25, -0.2) is 4.39 Å². The van der Waals surface area contributed by atoms with Crippen LogP contribution in [0.3, 0.4) is 0 Å². The normalized spacial score (nSPS) is 15.0. The lowest BCUT2D eigenvalue weighted by Gasteiger charge is -2.31. The van der Waals surface area contributed by atoms with Crippen LogP contribution in [0.25, 0.3) is 10.9 Å². The molecule has 3 aromatic rings. The molecule has 192 valence electrons. The van der Waals surface area contributed by atoms with Gasteiger partial charge < -0.3 is 14.6 Å². The topological polar surface area (TPSA) is 62.5 Å². The predicted molar refractivity (Wildman–Crippen MR) is 128 cm³/mol. The fraction of sp³-hybridized carbons (Fsp3) is 0.360. The van der Waals surface area contributed by atoms with Crippen LogP contribution in [0.5, 0.6) is 0 Å². The maximum absolute atomic E-state index is 14.5. The Hall–Kier alpha value is -2.78. The summed E-state index contributed by atoms with van der Waals surface area (Å²) in [4.78, 5) is 25.7. The van der Waals surface area contributed by atoms with E-state index in [1.807, 2.05) is 0 Å². The molecule has 0 atom stereocenters. The van der Waals surface area contributed by atoms with E-state index in [-0.39, 0.29) is 51.2 Å². The Morgan fingerprint density at radius 3 is 2.39 bits per heavy atom. The molecule has 0 unspecified atom stereocenters.